The van der Waals surface area contributed by atoms with Crippen LogP contribution < -0.4 is 9.46 Å². The van der Waals surface area contributed by atoms with Crippen molar-refractivity contribution in [2.45, 2.75) is 11.4 Å². The van der Waals surface area contributed by atoms with Crippen molar-refractivity contribution in [2.24, 2.45) is 0 Å². The van der Waals surface area contributed by atoms with E-state index in [2.05, 4.69) is 4.72 Å². The number of ether oxygens (including phenoxy) is 1. The van der Waals surface area contributed by atoms with Gasteiger partial charge in [0.25, 0.3) is 0 Å². The number of benzene rings is 2. The van der Waals surface area contributed by atoms with Crippen molar-refractivity contribution in [3.05, 3.63) is 57.0 Å². The van der Waals surface area contributed by atoms with E-state index in [9.17, 15) is 8.42 Å². The van der Waals surface area contributed by atoms with Gasteiger partial charge in [-0.15, -0.1) is 0 Å². The third-order valence-electron chi connectivity index (χ3n) is 2.86. The topological polar surface area (TPSA) is 55.4 Å². The molecule has 8 heteroatoms. The molecule has 4 nitrogen and oxygen atoms in total. The first-order valence-corrected chi connectivity index (χ1v) is 8.72. The Hall–Kier alpha value is -0.980. The van der Waals surface area contributed by atoms with E-state index in [1.54, 1.807) is 31.4 Å². The van der Waals surface area contributed by atoms with Crippen LogP contribution in [0.3, 0.4) is 0 Å². The van der Waals surface area contributed by atoms with Crippen LogP contribution in [0.15, 0.2) is 41.3 Å². The van der Waals surface area contributed by atoms with Crippen LogP contribution in [-0.2, 0) is 16.6 Å². The zero-order valence-corrected chi connectivity index (χ0v) is 14.5. The lowest BCUT2D eigenvalue weighted by atomic mass is 10.2. The summed E-state index contributed by atoms with van der Waals surface area (Å²) in [5.74, 6) is 0.690. The molecule has 0 aromatic heterocycles. The third-order valence-corrected chi connectivity index (χ3v) is 5.40. The second-order valence-electron chi connectivity index (χ2n) is 4.37. The van der Waals surface area contributed by atoms with Crippen LogP contribution in [0.2, 0.25) is 15.1 Å². The molecule has 0 saturated heterocycles. The number of hydrogen-bond acceptors (Lipinski definition) is 3. The molecule has 0 fully saturated rings. The van der Waals surface area contributed by atoms with Crippen LogP contribution in [-0.4, -0.2) is 15.5 Å². The molecule has 0 amide bonds. The molecule has 0 heterocycles. The molecule has 0 radical (unpaired) electrons. The molecular formula is C14H12Cl3NO3S. The average molecular weight is 381 g/mol. The maximum Gasteiger partial charge on any atom is 0.243 e. The van der Waals surface area contributed by atoms with E-state index in [0.717, 1.165) is 5.56 Å². The summed E-state index contributed by atoms with van der Waals surface area (Å²) in [5, 5.41) is 0.212. The van der Waals surface area contributed by atoms with Crippen molar-refractivity contribution in [1.82, 2.24) is 4.72 Å². The van der Waals surface area contributed by atoms with Crippen LogP contribution in [0, 0.1) is 0 Å². The van der Waals surface area contributed by atoms with Gasteiger partial charge in [-0.05, 0) is 29.8 Å². The highest BCUT2D eigenvalue weighted by atomic mass is 35.5. The average Bonchev–Trinajstić information content (AvgIpc) is 2.44. The molecule has 0 spiro atoms. The van der Waals surface area contributed by atoms with Gasteiger partial charge in [0.2, 0.25) is 10.0 Å². The van der Waals surface area contributed by atoms with Crippen LogP contribution in [0.5, 0.6) is 5.75 Å². The van der Waals surface area contributed by atoms with E-state index in [0.29, 0.717) is 5.75 Å². The molecule has 0 aliphatic carbocycles. The summed E-state index contributed by atoms with van der Waals surface area (Å²) in [6.07, 6.45) is 0. The number of rotatable bonds is 5. The minimum absolute atomic E-state index is 0.0280. The van der Waals surface area contributed by atoms with Gasteiger partial charge in [-0.3, -0.25) is 0 Å². The Balaban J connectivity index is 2.21. The SMILES string of the molecule is COc1ccc(CNS(=O)(=O)c2c(Cl)cc(Cl)cc2Cl)cc1. The molecule has 0 unspecified atom stereocenters. The fraction of sp³-hybridized carbons (Fsp3) is 0.143. The quantitative estimate of drug-likeness (QED) is 0.848. The molecule has 0 aliphatic heterocycles. The van der Waals surface area contributed by atoms with Gasteiger partial charge in [0, 0.05) is 11.6 Å². The Labute approximate surface area is 144 Å². The van der Waals surface area contributed by atoms with Gasteiger partial charge in [-0.2, -0.15) is 0 Å². The standard InChI is InChI=1S/C14H12Cl3NO3S/c1-21-11-4-2-9(3-5-11)8-18-22(19,20)14-12(16)6-10(15)7-13(14)17/h2-7,18H,8H2,1H3. The molecule has 0 aliphatic rings. The molecule has 0 atom stereocenters. The highest BCUT2D eigenvalue weighted by Crippen LogP contribution is 2.32. The third kappa shape index (κ3) is 4.06. The van der Waals surface area contributed by atoms with Crippen LogP contribution in [0.1, 0.15) is 5.56 Å². The van der Waals surface area contributed by atoms with Crippen LogP contribution >= 0.6 is 34.8 Å². The summed E-state index contributed by atoms with van der Waals surface area (Å²) in [6, 6.07) is 9.66. The van der Waals surface area contributed by atoms with Gasteiger partial charge >= 0.3 is 0 Å². The minimum atomic E-state index is -3.86. The molecule has 0 bridgehead atoms. The highest BCUT2D eigenvalue weighted by molar-refractivity contribution is 7.89. The van der Waals surface area contributed by atoms with Crippen molar-refractivity contribution < 1.29 is 13.2 Å². The van der Waals surface area contributed by atoms with E-state index in [1.165, 1.54) is 12.1 Å². The van der Waals surface area contributed by atoms with Gasteiger partial charge < -0.3 is 4.74 Å². The zero-order chi connectivity index (χ0) is 16.3. The Morgan fingerprint density at radius 3 is 2.09 bits per heavy atom. The molecular weight excluding hydrogens is 369 g/mol. The van der Waals surface area contributed by atoms with Crippen LogP contribution in [0.4, 0.5) is 0 Å². The lowest BCUT2D eigenvalue weighted by molar-refractivity contribution is 0.414. The fourth-order valence-electron chi connectivity index (χ4n) is 1.78. The molecule has 2 rings (SSSR count). The largest absolute Gasteiger partial charge is 0.497 e. The maximum absolute atomic E-state index is 12.3. The van der Waals surface area contributed by atoms with Gasteiger partial charge in [0.1, 0.15) is 10.6 Å². The Morgan fingerprint density at radius 1 is 1.05 bits per heavy atom. The number of nitrogens with one attached hydrogen (secondary N) is 1. The molecule has 1 N–H and O–H groups in total. The van der Waals surface area contributed by atoms with E-state index in [1.807, 2.05) is 0 Å². The second-order valence-corrected chi connectivity index (χ2v) is 7.33. The monoisotopic (exact) mass is 379 g/mol. The number of hydrogen-bond donors (Lipinski definition) is 1. The molecule has 2 aromatic rings. The summed E-state index contributed by atoms with van der Waals surface area (Å²) >= 11 is 17.6. The van der Waals surface area contributed by atoms with Crippen molar-refractivity contribution >= 4 is 44.8 Å². The second kappa shape index (κ2) is 7.06. The summed E-state index contributed by atoms with van der Waals surface area (Å²) in [4.78, 5) is -0.186. The minimum Gasteiger partial charge on any atom is -0.497 e. The van der Waals surface area contributed by atoms with Crippen molar-refractivity contribution in [1.29, 1.82) is 0 Å². The first kappa shape index (κ1) is 17.4. The van der Waals surface area contributed by atoms with E-state index in [-0.39, 0.29) is 26.5 Å². The molecule has 22 heavy (non-hydrogen) atoms. The Bertz CT molecular complexity index is 753. The first-order chi connectivity index (χ1) is 10.3. The van der Waals surface area contributed by atoms with E-state index in [4.69, 9.17) is 39.5 Å². The Morgan fingerprint density at radius 2 is 1.59 bits per heavy atom. The van der Waals surface area contributed by atoms with Crippen LogP contribution in [0.25, 0.3) is 0 Å². The van der Waals surface area contributed by atoms with E-state index < -0.39 is 10.0 Å². The fourth-order valence-corrected chi connectivity index (χ4v) is 4.34. The maximum atomic E-state index is 12.3. The summed E-state index contributed by atoms with van der Waals surface area (Å²) in [6.45, 7) is 0.0988. The highest BCUT2D eigenvalue weighted by Gasteiger charge is 2.22. The van der Waals surface area contributed by atoms with Gasteiger partial charge in [-0.1, -0.05) is 46.9 Å². The lowest BCUT2D eigenvalue weighted by Gasteiger charge is -2.11. The van der Waals surface area contributed by atoms with Crippen molar-refractivity contribution in [3.63, 3.8) is 0 Å². The lowest BCUT2D eigenvalue weighted by Crippen LogP contribution is -2.23. The van der Waals surface area contributed by atoms with Gasteiger partial charge in [0.05, 0.1) is 17.2 Å². The molecule has 0 saturated carbocycles. The molecule has 118 valence electrons. The Kier molecular flexibility index (Phi) is 5.58. The normalized spacial score (nSPS) is 11.5. The predicted molar refractivity (Wildman–Crippen MR) is 88.5 cm³/mol. The first-order valence-electron chi connectivity index (χ1n) is 6.10. The number of sulfonamides is 1. The van der Waals surface area contributed by atoms with E-state index >= 15 is 0 Å². The zero-order valence-electron chi connectivity index (χ0n) is 11.4. The van der Waals surface area contributed by atoms with Gasteiger partial charge in [-0.25, -0.2) is 13.1 Å². The van der Waals surface area contributed by atoms with Crippen molar-refractivity contribution in [2.75, 3.05) is 7.11 Å². The predicted octanol–water partition coefficient (Wildman–Crippen LogP) is 4.13. The van der Waals surface area contributed by atoms with Gasteiger partial charge in [0.15, 0.2) is 0 Å². The number of halogens is 3. The summed E-state index contributed by atoms with van der Waals surface area (Å²) in [5.41, 5.74) is 0.769. The number of methoxy groups -OCH3 is 1. The summed E-state index contributed by atoms with van der Waals surface area (Å²) < 4.78 is 32.2. The summed E-state index contributed by atoms with van der Waals surface area (Å²) in [7, 11) is -2.30. The molecule has 2 aromatic carbocycles. The smallest absolute Gasteiger partial charge is 0.243 e. The van der Waals surface area contributed by atoms with Crippen molar-refractivity contribution in [3.8, 4) is 5.75 Å².